The maximum Gasteiger partial charge on any atom is 0.278 e. The number of carbonyl (C=O) groups is 2. The minimum Gasteiger partial charge on any atom is -0.326 e. The molecule has 0 aliphatic carbocycles. The van der Waals surface area contributed by atoms with E-state index < -0.39 is 0 Å². The SMILES string of the molecule is CCC(=O)Nc1ccc(-c2cnc3cnc(C(=O)N(C)c4ccc(C#N)cc4)cn23)cc1. The molecule has 0 aliphatic rings. The number of hydrogen-bond donors (Lipinski definition) is 1. The number of imidazole rings is 1. The fourth-order valence-electron chi connectivity index (χ4n) is 3.24. The number of hydrogen-bond acceptors (Lipinski definition) is 5. The van der Waals surface area contributed by atoms with Crippen molar-refractivity contribution < 1.29 is 9.59 Å². The van der Waals surface area contributed by atoms with Gasteiger partial charge < -0.3 is 10.2 Å². The average molecular weight is 424 g/mol. The molecule has 32 heavy (non-hydrogen) atoms. The number of carbonyl (C=O) groups excluding carboxylic acids is 2. The Bertz CT molecular complexity index is 1330. The number of aromatic nitrogens is 3. The number of fused-ring (bicyclic) bond motifs is 1. The number of nitriles is 1. The van der Waals surface area contributed by atoms with E-state index in [4.69, 9.17) is 5.26 Å². The summed E-state index contributed by atoms with van der Waals surface area (Å²) in [6.45, 7) is 1.80. The van der Waals surface area contributed by atoms with Gasteiger partial charge in [-0.2, -0.15) is 5.26 Å². The highest BCUT2D eigenvalue weighted by atomic mass is 16.2. The van der Waals surface area contributed by atoms with Gasteiger partial charge in [-0.1, -0.05) is 19.1 Å². The van der Waals surface area contributed by atoms with E-state index >= 15 is 0 Å². The fraction of sp³-hybridized carbons (Fsp3) is 0.125. The third-order valence-corrected chi connectivity index (χ3v) is 5.09. The summed E-state index contributed by atoms with van der Waals surface area (Å²) in [5, 5.41) is 11.8. The van der Waals surface area contributed by atoms with Crippen molar-refractivity contribution in [2.24, 2.45) is 0 Å². The highest BCUT2D eigenvalue weighted by molar-refractivity contribution is 6.04. The highest BCUT2D eigenvalue weighted by Gasteiger charge is 2.17. The molecule has 0 saturated carbocycles. The van der Waals surface area contributed by atoms with Crippen molar-refractivity contribution in [3.05, 3.63) is 78.4 Å². The molecule has 0 bridgehead atoms. The number of rotatable bonds is 5. The van der Waals surface area contributed by atoms with Gasteiger partial charge in [-0.15, -0.1) is 0 Å². The Morgan fingerprint density at radius 2 is 1.78 bits per heavy atom. The molecule has 0 fully saturated rings. The van der Waals surface area contributed by atoms with Gasteiger partial charge in [0.1, 0.15) is 5.69 Å². The number of benzene rings is 2. The summed E-state index contributed by atoms with van der Waals surface area (Å²) < 4.78 is 1.81. The van der Waals surface area contributed by atoms with Crippen LogP contribution < -0.4 is 10.2 Å². The lowest BCUT2D eigenvalue weighted by atomic mass is 10.1. The van der Waals surface area contributed by atoms with Crippen LogP contribution in [0.15, 0.2) is 67.1 Å². The van der Waals surface area contributed by atoms with E-state index in [1.165, 1.54) is 4.90 Å². The molecule has 0 atom stereocenters. The van der Waals surface area contributed by atoms with Gasteiger partial charge >= 0.3 is 0 Å². The molecule has 0 unspecified atom stereocenters. The third kappa shape index (κ3) is 4.04. The summed E-state index contributed by atoms with van der Waals surface area (Å²) in [5.41, 5.74) is 4.46. The first-order chi connectivity index (χ1) is 15.5. The van der Waals surface area contributed by atoms with Crippen LogP contribution >= 0.6 is 0 Å². The molecule has 8 heteroatoms. The standard InChI is InChI=1S/C24H20N6O2/c1-3-23(31)28-18-8-6-17(7-9-18)21-13-27-22-14-26-20(15-30(21)22)24(32)29(2)19-10-4-16(12-25)5-11-19/h4-11,13-15H,3H2,1-2H3,(H,28,31). The molecule has 4 rings (SSSR count). The topological polar surface area (TPSA) is 103 Å². The molecule has 8 nitrogen and oxygen atoms in total. The number of amides is 2. The molecular formula is C24H20N6O2. The first-order valence-electron chi connectivity index (χ1n) is 10.0. The van der Waals surface area contributed by atoms with Crippen molar-refractivity contribution in [2.75, 3.05) is 17.3 Å². The predicted octanol–water partition coefficient (Wildman–Crippen LogP) is 3.89. The Labute approximate surface area is 184 Å². The van der Waals surface area contributed by atoms with Crippen molar-refractivity contribution >= 4 is 28.8 Å². The van der Waals surface area contributed by atoms with Gasteiger partial charge in [-0.05, 0) is 36.4 Å². The number of nitrogens with zero attached hydrogens (tertiary/aromatic N) is 5. The molecule has 0 aliphatic heterocycles. The van der Waals surface area contributed by atoms with Crippen LogP contribution in [0, 0.1) is 11.3 Å². The van der Waals surface area contributed by atoms with E-state index in [2.05, 4.69) is 21.4 Å². The van der Waals surface area contributed by atoms with Crippen LogP contribution in [-0.2, 0) is 4.79 Å². The molecule has 2 aromatic carbocycles. The minimum atomic E-state index is -0.283. The Morgan fingerprint density at radius 3 is 2.44 bits per heavy atom. The van der Waals surface area contributed by atoms with Crippen LogP contribution in [0.5, 0.6) is 0 Å². The quantitative estimate of drug-likeness (QED) is 0.523. The molecule has 4 aromatic rings. The average Bonchev–Trinajstić information content (AvgIpc) is 3.27. The summed E-state index contributed by atoms with van der Waals surface area (Å²) in [4.78, 5) is 34.7. The van der Waals surface area contributed by atoms with Gasteiger partial charge in [0.25, 0.3) is 5.91 Å². The lowest BCUT2D eigenvalue weighted by Gasteiger charge is -2.17. The Kier molecular flexibility index (Phi) is 5.64. The van der Waals surface area contributed by atoms with Crippen LogP contribution in [0.1, 0.15) is 29.4 Å². The van der Waals surface area contributed by atoms with Gasteiger partial charge in [0.2, 0.25) is 5.91 Å². The molecule has 1 N–H and O–H groups in total. The largest absolute Gasteiger partial charge is 0.326 e. The van der Waals surface area contributed by atoms with Crippen LogP contribution in [0.25, 0.3) is 16.9 Å². The first kappa shape index (κ1) is 20.8. The second-order valence-corrected chi connectivity index (χ2v) is 7.15. The molecule has 0 spiro atoms. The Morgan fingerprint density at radius 1 is 1.06 bits per heavy atom. The van der Waals surface area contributed by atoms with Crippen molar-refractivity contribution in [2.45, 2.75) is 13.3 Å². The maximum absolute atomic E-state index is 13.0. The number of anilines is 2. The van der Waals surface area contributed by atoms with E-state index in [0.29, 0.717) is 23.3 Å². The molecule has 158 valence electrons. The van der Waals surface area contributed by atoms with E-state index in [0.717, 1.165) is 16.9 Å². The zero-order valence-electron chi connectivity index (χ0n) is 17.6. The lowest BCUT2D eigenvalue weighted by molar-refractivity contribution is -0.115. The third-order valence-electron chi connectivity index (χ3n) is 5.09. The summed E-state index contributed by atoms with van der Waals surface area (Å²) in [6.07, 6.45) is 5.34. The zero-order valence-corrected chi connectivity index (χ0v) is 17.6. The van der Waals surface area contributed by atoms with Crippen LogP contribution in [0.3, 0.4) is 0 Å². The minimum absolute atomic E-state index is 0.0480. The summed E-state index contributed by atoms with van der Waals surface area (Å²) in [5.74, 6) is -0.331. The lowest BCUT2D eigenvalue weighted by Crippen LogP contribution is -2.27. The Balaban J connectivity index is 1.63. The van der Waals surface area contributed by atoms with Gasteiger partial charge in [0, 0.05) is 36.6 Å². The highest BCUT2D eigenvalue weighted by Crippen LogP contribution is 2.23. The van der Waals surface area contributed by atoms with E-state index in [9.17, 15) is 9.59 Å². The Hall–Kier alpha value is -4.51. The molecule has 0 radical (unpaired) electrons. The first-order valence-corrected chi connectivity index (χ1v) is 10.0. The van der Waals surface area contributed by atoms with Crippen molar-refractivity contribution in [3.8, 4) is 17.3 Å². The van der Waals surface area contributed by atoms with Gasteiger partial charge in [0.15, 0.2) is 5.65 Å². The monoisotopic (exact) mass is 424 g/mol. The van der Waals surface area contributed by atoms with Gasteiger partial charge in [0.05, 0.1) is 29.7 Å². The van der Waals surface area contributed by atoms with Gasteiger partial charge in [-0.3, -0.25) is 14.0 Å². The maximum atomic E-state index is 13.0. The molecule has 2 aromatic heterocycles. The van der Waals surface area contributed by atoms with Gasteiger partial charge in [-0.25, -0.2) is 9.97 Å². The fourth-order valence-corrected chi connectivity index (χ4v) is 3.24. The zero-order chi connectivity index (χ0) is 22.7. The normalized spacial score (nSPS) is 10.5. The van der Waals surface area contributed by atoms with Crippen LogP contribution in [0.4, 0.5) is 11.4 Å². The second kappa shape index (κ2) is 8.70. The van der Waals surface area contributed by atoms with Crippen molar-refractivity contribution in [1.82, 2.24) is 14.4 Å². The van der Waals surface area contributed by atoms with E-state index in [-0.39, 0.29) is 17.5 Å². The smallest absolute Gasteiger partial charge is 0.278 e. The summed E-state index contributed by atoms with van der Waals surface area (Å²) in [7, 11) is 1.66. The predicted molar refractivity (Wildman–Crippen MR) is 121 cm³/mol. The van der Waals surface area contributed by atoms with Crippen LogP contribution in [-0.4, -0.2) is 33.2 Å². The van der Waals surface area contributed by atoms with Crippen LogP contribution in [0.2, 0.25) is 0 Å². The molecular weight excluding hydrogens is 404 g/mol. The van der Waals surface area contributed by atoms with Crippen molar-refractivity contribution in [3.63, 3.8) is 0 Å². The summed E-state index contributed by atoms with van der Waals surface area (Å²) >= 11 is 0. The molecule has 2 amide bonds. The second-order valence-electron chi connectivity index (χ2n) is 7.15. The van der Waals surface area contributed by atoms with E-state index in [1.807, 2.05) is 28.7 Å². The van der Waals surface area contributed by atoms with E-state index in [1.54, 1.807) is 56.8 Å². The number of nitrogens with one attached hydrogen (secondary N) is 1. The van der Waals surface area contributed by atoms with Crippen molar-refractivity contribution in [1.29, 1.82) is 5.26 Å². The summed E-state index contributed by atoms with van der Waals surface area (Å²) in [6, 6.07) is 16.3. The molecule has 2 heterocycles. The molecule has 0 saturated heterocycles.